The van der Waals surface area contributed by atoms with Gasteiger partial charge in [0.1, 0.15) is 0 Å². The summed E-state index contributed by atoms with van der Waals surface area (Å²) in [5.74, 6) is 1.37. The number of ether oxygens (including phenoxy) is 2. The first-order valence-corrected chi connectivity index (χ1v) is 9.68. The minimum absolute atomic E-state index is 0.0608. The average molecular weight is 373 g/mol. The number of hydrogen-bond acceptors (Lipinski definition) is 3. The van der Waals surface area contributed by atoms with Crippen LogP contribution in [0.3, 0.4) is 0 Å². The molecule has 0 saturated carbocycles. The van der Waals surface area contributed by atoms with Gasteiger partial charge in [0.15, 0.2) is 11.5 Å². The van der Waals surface area contributed by atoms with Gasteiger partial charge in [0.25, 0.3) is 5.91 Å². The fourth-order valence-corrected chi connectivity index (χ4v) is 3.50. The van der Waals surface area contributed by atoms with Crippen LogP contribution < -0.4 is 14.8 Å². The summed E-state index contributed by atoms with van der Waals surface area (Å²) >= 11 is 0. The SMILES string of the molecule is CCOc1ccc(C(C)NC(=O)c2cc(C)n(C(C)C)c2C)cc1OCC. The number of benzene rings is 1. The molecule has 0 aliphatic rings. The zero-order chi connectivity index (χ0) is 20.1. The molecule has 0 aliphatic heterocycles. The Morgan fingerprint density at radius 2 is 1.67 bits per heavy atom. The van der Waals surface area contributed by atoms with Crippen LogP contribution in [0.4, 0.5) is 0 Å². The molecule has 1 N–H and O–H groups in total. The molecule has 0 bridgehead atoms. The summed E-state index contributed by atoms with van der Waals surface area (Å²) < 4.78 is 13.5. The highest BCUT2D eigenvalue weighted by molar-refractivity contribution is 5.96. The molecule has 1 unspecified atom stereocenters. The van der Waals surface area contributed by atoms with E-state index in [1.54, 1.807) is 0 Å². The van der Waals surface area contributed by atoms with Crippen LogP contribution in [0.25, 0.3) is 0 Å². The van der Waals surface area contributed by atoms with E-state index in [9.17, 15) is 4.79 Å². The second-order valence-electron chi connectivity index (χ2n) is 7.02. The van der Waals surface area contributed by atoms with Crippen molar-refractivity contribution >= 4 is 5.91 Å². The van der Waals surface area contributed by atoms with Gasteiger partial charge >= 0.3 is 0 Å². The van der Waals surface area contributed by atoms with E-state index in [-0.39, 0.29) is 11.9 Å². The van der Waals surface area contributed by atoms with Gasteiger partial charge in [0.2, 0.25) is 0 Å². The maximum absolute atomic E-state index is 12.8. The van der Waals surface area contributed by atoms with Gasteiger partial charge in [-0.3, -0.25) is 4.79 Å². The Morgan fingerprint density at radius 3 is 2.22 bits per heavy atom. The molecule has 148 valence electrons. The highest BCUT2D eigenvalue weighted by Crippen LogP contribution is 2.31. The van der Waals surface area contributed by atoms with Crippen molar-refractivity contribution in [2.24, 2.45) is 0 Å². The Morgan fingerprint density at radius 1 is 1.04 bits per heavy atom. The fraction of sp³-hybridized carbons (Fsp3) is 0.500. The maximum atomic E-state index is 12.8. The lowest BCUT2D eigenvalue weighted by molar-refractivity contribution is 0.0939. The lowest BCUT2D eigenvalue weighted by Gasteiger charge is -2.18. The molecule has 2 rings (SSSR count). The van der Waals surface area contributed by atoms with E-state index in [0.29, 0.717) is 25.0 Å². The van der Waals surface area contributed by atoms with Crippen LogP contribution in [0.2, 0.25) is 0 Å². The van der Waals surface area contributed by atoms with Crippen LogP contribution in [-0.4, -0.2) is 23.7 Å². The van der Waals surface area contributed by atoms with E-state index in [2.05, 4.69) is 23.7 Å². The molecule has 0 aliphatic carbocycles. The van der Waals surface area contributed by atoms with Gasteiger partial charge < -0.3 is 19.4 Å². The first-order chi connectivity index (χ1) is 12.8. The lowest BCUT2D eigenvalue weighted by atomic mass is 10.1. The molecule has 2 aromatic rings. The first-order valence-electron chi connectivity index (χ1n) is 9.68. The lowest BCUT2D eigenvalue weighted by Crippen LogP contribution is -2.27. The van der Waals surface area contributed by atoms with E-state index >= 15 is 0 Å². The predicted octanol–water partition coefficient (Wildman–Crippen LogP) is 4.97. The molecule has 1 amide bonds. The number of nitrogens with zero attached hydrogens (tertiary/aromatic N) is 1. The minimum Gasteiger partial charge on any atom is -0.490 e. The van der Waals surface area contributed by atoms with E-state index in [1.165, 1.54) is 0 Å². The second kappa shape index (κ2) is 8.98. The molecule has 5 heteroatoms. The van der Waals surface area contributed by atoms with Crippen LogP contribution in [0, 0.1) is 13.8 Å². The summed E-state index contributed by atoms with van der Waals surface area (Å²) in [6, 6.07) is 7.95. The van der Waals surface area contributed by atoms with Gasteiger partial charge in [-0.1, -0.05) is 6.07 Å². The molecule has 0 fully saturated rings. The first kappa shape index (κ1) is 20.9. The Bertz CT molecular complexity index is 793. The molecular weight excluding hydrogens is 340 g/mol. The van der Waals surface area contributed by atoms with Crippen LogP contribution in [0.15, 0.2) is 24.3 Å². The van der Waals surface area contributed by atoms with E-state index in [0.717, 1.165) is 28.3 Å². The van der Waals surface area contributed by atoms with Crippen molar-refractivity contribution in [2.45, 2.75) is 60.5 Å². The van der Waals surface area contributed by atoms with Crippen LogP contribution in [-0.2, 0) is 0 Å². The van der Waals surface area contributed by atoms with Crippen molar-refractivity contribution in [1.29, 1.82) is 0 Å². The monoisotopic (exact) mass is 372 g/mol. The summed E-state index contributed by atoms with van der Waals surface area (Å²) in [5.41, 5.74) is 3.80. The van der Waals surface area contributed by atoms with Crippen molar-refractivity contribution in [3.8, 4) is 11.5 Å². The van der Waals surface area contributed by atoms with E-state index in [1.807, 2.05) is 58.9 Å². The van der Waals surface area contributed by atoms with Gasteiger partial charge in [-0.05, 0) is 72.2 Å². The Hall–Kier alpha value is -2.43. The predicted molar refractivity (Wildman–Crippen MR) is 109 cm³/mol. The van der Waals surface area contributed by atoms with Crippen LogP contribution in [0.5, 0.6) is 11.5 Å². The summed E-state index contributed by atoms with van der Waals surface area (Å²) in [4.78, 5) is 12.8. The van der Waals surface area contributed by atoms with Crippen molar-refractivity contribution in [2.75, 3.05) is 13.2 Å². The molecular formula is C22H32N2O3. The molecule has 5 nitrogen and oxygen atoms in total. The number of amides is 1. The zero-order valence-electron chi connectivity index (χ0n) is 17.6. The summed E-state index contributed by atoms with van der Waals surface area (Å²) in [5, 5.41) is 3.10. The van der Waals surface area contributed by atoms with Crippen LogP contribution in [0.1, 0.15) is 74.0 Å². The highest BCUT2D eigenvalue weighted by atomic mass is 16.5. The smallest absolute Gasteiger partial charge is 0.253 e. The largest absolute Gasteiger partial charge is 0.490 e. The average Bonchev–Trinajstić information content (AvgIpc) is 2.91. The number of carbonyl (C=O) groups excluding carboxylic acids is 1. The van der Waals surface area contributed by atoms with Gasteiger partial charge in [0, 0.05) is 17.4 Å². The quantitative estimate of drug-likeness (QED) is 0.711. The Balaban J connectivity index is 2.22. The minimum atomic E-state index is -0.144. The number of rotatable bonds is 8. The van der Waals surface area contributed by atoms with Crippen molar-refractivity contribution < 1.29 is 14.3 Å². The number of aromatic nitrogens is 1. The Kier molecular flexibility index (Phi) is 6.94. The third kappa shape index (κ3) is 4.65. The summed E-state index contributed by atoms with van der Waals surface area (Å²) in [6.07, 6.45) is 0. The number of hydrogen-bond donors (Lipinski definition) is 1. The van der Waals surface area contributed by atoms with Gasteiger partial charge in [0.05, 0.1) is 24.8 Å². The molecule has 1 aromatic heterocycles. The van der Waals surface area contributed by atoms with Crippen LogP contribution >= 0.6 is 0 Å². The molecule has 1 heterocycles. The van der Waals surface area contributed by atoms with Crippen molar-refractivity contribution in [3.63, 3.8) is 0 Å². The molecule has 0 spiro atoms. The van der Waals surface area contributed by atoms with Gasteiger partial charge in [-0.15, -0.1) is 0 Å². The number of carbonyl (C=O) groups is 1. The summed E-state index contributed by atoms with van der Waals surface area (Å²) in [7, 11) is 0. The maximum Gasteiger partial charge on any atom is 0.253 e. The fourth-order valence-electron chi connectivity index (χ4n) is 3.50. The van der Waals surface area contributed by atoms with Crippen molar-refractivity contribution in [1.82, 2.24) is 9.88 Å². The van der Waals surface area contributed by atoms with E-state index < -0.39 is 0 Å². The second-order valence-corrected chi connectivity index (χ2v) is 7.02. The molecule has 1 atom stereocenters. The summed E-state index contributed by atoms with van der Waals surface area (Å²) in [6.45, 7) is 15.3. The Labute approximate surface area is 162 Å². The standard InChI is InChI=1S/C22H32N2O3/c1-8-26-20-11-10-18(13-21(20)27-9-2)16(6)23-22(25)19-12-15(5)24(14(3)4)17(19)7/h10-14,16H,8-9H2,1-7H3,(H,23,25). The highest BCUT2D eigenvalue weighted by Gasteiger charge is 2.19. The molecule has 0 saturated heterocycles. The zero-order valence-corrected chi connectivity index (χ0v) is 17.6. The van der Waals surface area contributed by atoms with E-state index in [4.69, 9.17) is 9.47 Å². The van der Waals surface area contributed by atoms with Gasteiger partial charge in [-0.2, -0.15) is 0 Å². The van der Waals surface area contributed by atoms with Gasteiger partial charge in [-0.25, -0.2) is 0 Å². The molecule has 0 radical (unpaired) electrons. The normalized spacial score (nSPS) is 12.1. The third-order valence-corrected chi connectivity index (χ3v) is 4.66. The molecule has 1 aromatic carbocycles. The number of nitrogens with one attached hydrogen (secondary N) is 1. The topological polar surface area (TPSA) is 52.5 Å². The van der Waals surface area contributed by atoms with Crippen molar-refractivity contribution in [3.05, 3.63) is 46.8 Å². The number of aryl methyl sites for hydroxylation is 1. The molecule has 27 heavy (non-hydrogen) atoms. The third-order valence-electron chi connectivity index (χ3n) is 4.66.